The maximum absolute atomic E-state index is 9.57. The zero-order chi connectivity index (χ0) is 19.0. The molecule has 1 aromatic carbocycles. The number of nitriles is 1. The molecule has 1 aliphatic heterocycles. The summed E-state index contributed by atoms with van der Waals surface area (Å²) in [5.41, 5.74) is 3.45. The van der Waals surface area contributed by atoms with Crippen LogP contribution >= 0.6 is 11.3 Å². The second-order valence-corrected chi connectivity index (χ2v) is 8.12. The Morgan fingerprint density at radius 1 is 1.07 bits per heavy atom. The van der Waals surface area contributed by atoms with Crippen molar-refractivity contribution in [1.29, 1.82) is 5.26 Å². The first kappa shape index (κ1) is 17.7. The van der Waals surface area contributed by atoms with Gasteiger partial charge in [-0.25, -0.2) is 9.97 Å². The molecular weight excluding hydrogens is 356 g/mol. The normalized spacial score (nSPS) is 15.1. The van der Waals surface area contributed by atoms with Crippen molar-refractivity contribution >= 4 is 39.0 Å². The lowest BCUT2D eigenvalue weighted by Crippen LogP contribution is -2.45. The van der Waals surface area contributed by atoms with E-state index in [0.717, 1.165) is 64.3 Å². The number of anilines is 3. The van der Waals surface area contributed by atoms with Crippen molar-refractivity contribution in [1.82, 2.24) is 14.9 Å². The standard InChI is InChI=1S/C20H22N6S/c1-13-14(2)27-20(15(13)12-21)24-18-19(26-10-8-25(3)9-11-26)23-17-7-5-4-6-16(17)22-18/h4-7H,8-11H2,1-3H3,(H,22,24). The van der Waals surface area contributed by atoms with Crippen LogP contribution in [0.1, 0.15) is 16.0 Å². The minimum absolute atomic E-state index is 0.691. The molecule has 0 atom stereocenters. The highest BCUT2D eigenvalue weighted by molar-refractivity contribution is 7.16. The zero-order valence-electron chi connectivity index (χ0n) is 15.8. The Bertz CT molecular complexity index is 1030. The molecule has 4 rings (SSSR count). The van der Waals surface area contributed by atoms with Crippen molar-refractivity contribution in [3.63, 3.8) is 0 Å². The second kappa shape index (κ2) is 7.14. The molecule has 0 bridgehead atoms. The van der Waals surface area contributed by atoms with E-state index in [1.54, 1.807) is 11.3 Å². The van der Waals surface area contributed by atoms with Crippen LogP contribution in [0.4, 0.5) is 16.6 Å². The molecule has 0 radical (unpaired) electrons. The molecule has 0 aliphatic carbocycles. The lowest BCUT2D eigenvalue weighted by molar-refractivity contribution is 0.312. The van der Waals surface area contributed by atoms with Crippen LogP contribution in [-0.4, -0.2) is 48.1 Å². The number of aromatic nitrogens is 2. The van der Waals surface area contributed by atoms with Gasteiger partial charge in [0.2, 0.25) is 0 Å². The molecule has 2 aromatic heterocycles. The Kier molecular flexibility index (Phi) is 4.68. The number of para-hydroxylation sites is 2. The maximum Gasteiger partial charge on any atom is 0.175 e. The van der Waals surface area contributed by atoms with Gasteiger partial charge in [-0.05, 0) is 38.6 Å². The Balaban J connectivity index is 1.80. The van der Waals surface area contributed by atoms with Gasteiger partial charge in [-0.2, -0.15) is 5.26 Å². The lowest BCUT2D eigenvalue weighted by atomic mass is 10.2. The Hall–Kier alpha value is -2.69. The SMILES string of the molecule is Cc1sc(Nc2nc3ccccc3nc2N2CCN(C)CC2)c(C#N)c1C. The van der Waals surface area contributed by atoms with Crippen LogP contribution in [0, 0.1) is 25.2 Å². The fourth-order valence-electron chi connectivity index (χ4n) is 3.27. The predicted octanol–water partition coefficient (Wildman–Crippen LogP) is 3.68. The number of nitrogens with zero attached hydrogens (tertiary/aromatic N) is 5. The number of fused-ring (bicyclic) bond motifs is 1. The Morgan fingerprint density at radius 2 is 1.74 bits per heavy atom. The molecule has 7 heteroatoms. The van der Waals surface area contributed by atoms with Gasteiger partial charge in [0.05, 0.1) is 16.6 Å². The molecule has 0 unspecified atom stereocenters. The molecule has 6 nitrogen and oxygen atoms in total. The number of thiophene rings is 1. The van der Waals surface area contributed by atoms with E-state index in [2.05, 4.69) is 28.2 Å². The summed E-state index contributed by atoms with van der Waals surface area (Å²) in [7, 11) is 2.14. The number of aryl methyl sites for hydroxylation is 1. The average Bonchev–Trinajstić information content (AvgIpc) is 2.95. The summed E-state index contributed by atoms with van der Waals surface area (Å²) >= 11 is 1.59. The second-order valence-electron chi connectivity index (χ2n) is 6.90. The van der Waals surface area contributed by atoms with Gasteiger partial charge in [0.15, 0.2) is 11.6 Å². The molecular formula is C20H22N6S. The lowest BCUT2D eigenvalue weighted by Gasteiger charge is -2.34. The van der Waals surface area contributed by atoms with Crippen molar-refractivity contribution in [2.75, 3.05) is 43.4 Å². The summed E-state index contributed by atoms with van der Waals surface area (Å²) in [6.07, 6.45) is 0. The highest BCUT2D eigenvalue weighted by atomic mass is 32.1. The molecule has 3 heterocycles. The number of likely N-dealkylation sites (N-methyl/N-ethyl adjacent to an activating group) is 1. The number of rotatable bonds is 3. The summed E-state index contributed by atoms with van der Waals surface area (Å²) in [6, 6.07) is 10.2. The monoisotopic (exact) mass is 378 g/mol. The van der Waals surface area contributed by atoms with Crippen molar-refractivity contribution in [2.45, 2.75) is 13.8 Å². The molecule has 1 saturated heterocycles. The molecule has 3 aromatic rings. The van der Waals surface area contributed by atoms with E-state index in [1.807, 2.05) is 38.1 Å². The van der Waals surface area contributed by atoms with Gasteiger partial charge >= 0.3 is 0 Å². The first-order chi connectivity index (χ1) is 13.1. The van der Waals surface area contributed by atoms with Gasteiger partial charge in [0.1, 0.15) is 11.1 Å². The van der Waals surface area contributed by atoms with Crippen LogP contribution in [0.5, 0.6) is 0 Å². The Morgan fingerprint density at radius 3 is 2.41 bits per heavy atom. The number of benzene rings is 1. The average molecular weight is 379 g/mol. The maximum atomic E-state index is 9.57. The third-order valence-corrected chi connectivity index (χ3v) is 6.21. The van der Waals surface area contributed by atoms with Crippen molar-refractivity contribution < 1.29 is 0 Å². The highest BCUT2D eigenvalue weighted by Gasteiger charge is 2.22. The van der Waals surface area contributed by atoms with Gasteiger partial charge in [0.25, 0.3) is 0 Å². The summed E-state index contributed by atoms with van der Waals surface area (Å²) in [5, 5.41) is 13.8. The third-order valence-electron chi connectivity index (χ3n) is 5.08. The van der Waals surface area contributed by atoms with E-state index >= 15 is 0 Å². The van der Waals surface area contributed by atoms with Crippen LogP contribution in [0.2, 0.25) is 0 Å². The minimum atomic E-state index is 0.691. The first-order valence-electron chi connectivity index (χ1n) is 9.04. The van der Waals surface area contributed by atoms with Gasteiger partial charge in [-0.1, -0.05) is 12.1 Å². The summed E-state index contributed by atoms with van der Waals surface area (Å²) < 4.78 is 0. The van der Waals surface area contributed by atoms with E-state index in [4.69, 9.17) is 9.97 Å². The topological polar surface area (TPSA) is 68.1 Å². The predicted molar refractivity (Wildman–Crippen MR) is 111 cm³/mol. The van der Waals surface area contributed by atoms with Crippen molar-refractivity contribution in [3.8, 4) is 6.07 Å². The zero-order valence-corrected chi connectivity index (χ0v) is 16.6. The third kappa shape index (κ3) is 3.34. The number of hydrogen-bond donors (Lipinski definition) is 1. The van der Waals surface area contributed by atoms with E-state index in [-0.39, 0.29) is 0 Å². The molecule has 27 heavy (non-hydrogen) atoms. The van der Waals surface area contributed by atoms with Gasteiger partial charge < -0.3 is 15.1 Å². The van der Waals surface area contributed by atoms with Crippen LogP contribution < -0.4 is 10.2 Å². The highest BCUT2D eigenvalue weighted by Crippen LogP contribution is 2.36. The van der Waals surface area contributed by atoms with Gasteiger partial charge in [-0.15, -0.1) is 11.3 Å². The summed E-state index contributed by atoms with van der Waals surface area (Å²) in [4.78, 5) is 15.5. The fourth-order valence-corrected chi connectivity index (χ4v) is 4.28. The van der Waals surface area contributed by atoms with Crippen molar-refractivity contribution in [3.05, 3.63) is 40.3 Å². The first-order valence-corrected chi connectivity index (χ1v) is 9.86. The number of piperazine rings is 1. The van der Waals surface area contributed by atoms with E-state index in [1.165, 1.54) is 0 Å². The molecule has 1 fully saturated rings. The number of nitrogens with one attached hydrogen (secondary N) is 1. The van der Waals surface area contributed by atoms with Crippen LogP contribution in [-0.2, 0) is 0 Å². The molecule has 0 amide bonds. The van der Waals surface area contributed by atoms with Gasteiger partial charge in [-0.3, -0.25) is 0 Å². The summed E-state index contributed by atoms with van der Waals surface area (Å²) in [5.74, 6) is 1.57. The van der Waals surface area contributed by atoms with Crippen LogP contribution in [0.3, 0.4) is 0 Å². The van der Waals surface area contributed by atoms with Crippen molar-refractivity contribution in [2.24, 2.45) is 0 Å². The quantitative estimate of drug-likeness (QED) is 0.750. The largest absolute Gasteiger partial charge is 0.351 e. The van der Waals surface area contributed by atoms with Gasteiger partial charge in [0, 0.05) is 31.1 Å². The van der Waals surface area contributed by atoms with Crippen LogP contribution in [0.25, 0.3) is 11.0 Å². The fraction of sp³-hybridized carbons (Fsp3) is 0.350. The van der Waals surface area contributed by atoms with E-state index < -0.39 is 0 Å². The molecule has 1 aliphatic rings. The molecule has 0 saturated carbocycles. The molecule has 1 N–H and O–H groups in total. The van der Waals surface area contributed by atoms with E-state index in [0.29, 0.717) is 5.56 Å². The summed E-state index contributed by atoms with van der Waals surface area (Å²) in [6.45, 7) is 7.84. The molecule has 0 spiro atoms. The molecule has 138 valence electrons. The minimum Gasteiger partial charge on any atom is -0.351 e. The Labute approximate surface area is 163 Å². The number of hydrogen-bond acceptors (Lipinski definition) is 7. The van der Waals surface area contributed by atoms with Crippen LogP contribution in [0.15, 0.2) is 24.3 Å². The van der Waals surface area contributed by atoms with E-state index in [9.17, 15) is 5.26 Å². The smallest absolute Gasteiger partial charge is 0.175 e.